The highest BCUT2D eigenvalue weighted by Gasteiger charge is 2.10. The molecule has 1 aromatic heterocycles. The van der Waals surface area contributed by atoms with Gasteiger partial charge in [-0.05, 0) is 48.3 Å². The van der Waals surface area contributed by atoms with E-state index in [1.807, 2.05) is 6.20 Å². The maximum absolute atomic E-state index is 3.05. The average molecular weight is 285 g/mol. The second-order valence-corrected chi connectivity index (χ2v) is 7.54. The normalized spacial score (nSPS) is 11.2. The molecule has 0 bridgehead atoms. The molecule has 0 atom stereocenters. The molecule has 2 aromatic rings. The minimum Gasteiger partial charge on any atom is -0.367 e. The summed E-state index contributed by atoms with van der Waals surface area (Å²) < 4.78 is 0. The van der Waals surface area contributed by atoms with Gasteiger partial charge in [-0.3, -0.25) is 0 Å². The molecule has 1 aromatic carbocycles. The molecular formula is C20H31N. The number of hydrogen-bond acceptors (Lipinski definition) is 0. The lowest BCUT2D eigenvalue weighted by atomic mass is 9.89. The first-order valence-electron chi connectivity index (χ1n) is 7.93. The summed E-state index contributed by atoms with van der Waals surface area (Å²) >= 11 is 0. The van der Waals surface area contributed by atoms with Crippen LogP contribution < -0.4 is 0 Å². The van der Waals surface area contributed by atoms with E-state index in [1.165, 1.54) is 23.1 Å². The molecular weight excluding hydrogens is 254 g/mol. The van der Waals surface area contributed by atoms with Crippen molar-refractivity contribution in [2.75, 3.05) is 0 Å². The summed E-state index contributed by atoms with van der Waals surface area (Å²) in [5.74, 6) is 0.762. The fraction of sp³-hybridized carbons (Fsp3) is 0.500. The van der Waals surface area contributed by atoms with Gasteiger partial charge in [0.05, 0.1) is 0 Å². The van der Waals surface area contributed by atoms with E-state index in [0.29, 0.717) is 5.41 Å². The summed E-state index contributed by atoms with van der Waals surface area (Å²) in [6.45, 7) is 13.4. The Morgan fingerprint density at radius 2 is 1.57 bits per heavy atom. The first kappa shape index (κ1) is 17.6. The van der Waals surface area contributed by atoms with Gasteiger partial charge in [0.2, 0.25) is 0 Å². The standard InChI is InChI=1S/C11H16.C9H15N/c1-9(2)8-11-6-4-10(3)5-7-11;1-9(2,3)6-8-4-5-10-7-8/h4-7,9H,8H2,1-3H3;4-5,7,10H,6H2,1-3H3. The molecule has 0 unspecified atom stereocenters. The lowest BCUT2D eigenvalue weighted by Crippen LogP contribution is -2.08. The van der Waals surface area contributed by atoms with Crippen molar-refractivity contribution in [3.8, 4) is 0 Å². The van der Waals surface area contributed by atoms with E-state index in [2.05, 4.69) is 83.1 Å². The van der Waals surface area contributed by atoms with Gasteiger partial charge in [0, 0.05) is 12.4 Å². The van der Waals surface area contributed by atoms with Gasteiger partial charge in [-0.2, -0.15) is 0 Å². The summed E-state index contributed by atoms with van der Waals surface area (Å²) in [7, 11) is 0. The van der Waals surface area contributed by atoms with Crippen LogP contribution in [0, 0.1) is 18.3 Å². The summed E-state index contributed by atoms with van der Waals surface area (Å²) in [4.78, 5) is 3.05. The Morgan fingerprint density at radius 1 is 0.952 bits per heavy atom. The molecule has 0 aliphatic rings. The number of aromatic nitrogens is 1. The summed E-state index contributed by atoms with van der Waals surface area (Å²) in [5, 5.41) is 0. The Balaban J connectivity index is 0.000000211. The second kappa shape index (κ2) is 8.07. The van der Waals surface area contributed by atoms with E-state index in [-0.39, 0.29) is 0 Å². The molecule has 21 heavy (non-hydrogen) atoms. The quantitative estimate of drug-likeness (QED) is 0.734. The van der Waals surface area contributed by atoms with Crippen LogP contribution in [0.5, 0.6) is 0 Å². The van der Waals surface area contributed by atoms with Crippen LogP contribution in [0.3, 0.4) is 0 Å². The summed E-state index contributed by atoms with van der Waals surface area (Å²) in [5.41, 5.74) is 4.60. The van der Waals surface area contributed by atoms with Crippen molar-refractivity contribution in [3.05, 3.63) is 59.4 Å². The highest BCUT2D eigenvalue weighted by molar-refractivity contribution is 5.21. The number of H-pyrrole nitrogens is 1. The second-order valence-electron chi connectivity index (χ2n) is 7.54. The van der Waals surface area contributed by atoms with E-state index >= 15 is 0 Å². The van der Waals surface area contributed by atoms with Crippen LogP contribution in [-0.4, -0.2) is 4.98 Å². The minimum atomic E-state index is 0.405. The SMILES string of the molecule is CC(C)(C)Cc1cc[nH]c1.Cc1ccc(CC(C)C)cc1. The number of nitrogens with one attached hydrogen (secondary N) is 1. The maximum atomic E-state index is 3.05. The maximum Gasteiger partial charge on any atom is 0.00375 e. The molecule has 0 radical (unpaired) electrons. The first-order valence-corrected chi connectivity index (χ1v) is 7.93. The van der Waals surface area contributed by atoms with Crippen molar-refractivity contribution >= 4 is 0 Å². The topological polar surface area (TPSA) is 15.8 Å². The molecule has 0 aliphatic heterocycles. The third-order valence-corrected chi connectivity index (χ3v) is 3.16. The molecule has 116 valence electrons. The van der Waals surface area contributed by atoms with Gasteiger partial charge in [-0.25, -0.2) is 0 Å². The Morgan fingerprint density at radius 3 is 2.00 bits per heavy atom. The van der Waals surface area contributed by atoms with Gasteiger partial charge < -0.3 is 4.98 Å². The zero-order chi connectivity index (χ0) is 15.9. The predicted molar refractivity (Wildman–Crippen MR) is 93.7 cm³/mol. The molecule has 0 spiro atoms. The van der Waals surface area contributed by atoms with E-state index < -0.39 is 0 Å². The Bertz CT molecular complexity index is 484. The van der Waals surface area contributed by atoms with Crippen LogP contribution in [0.4, 0.5) is 0 Å². The monoisotopic (exact) mass is 285 g/mol. The molecule has 1 heteroatoms. The Kier molecular flexibility index (Phi) is 6.74. The number of aromatic amines is 1. The van der Waals surface area contributed by atoms with Gasteiger partial charge in [0.25, 0.3) is 0 Å². The number of rotatable bonds is 3. The van der Waals surface area contributed by atoms with E-state index in [0.717, 1.165) is 12.3 Å². The third-order valence-electron chi connectivity index (χ3n) is 3.16. The predicted octanol–water partition coefficient (Wildman–Crippen LogP) is 5.80. The molecule has 1 heterocycles. The third kappa shape index (κ3) is 8.39. The van der Waals surface area contributed by atoms with Crippen molar-refractivity contribution in [1.82, 2.24) is 4.98 Å². The number of benzene rings is 1. The van der Waals surface area contributed by atoms with Gasteiger partial charge >= 0.3 is 0 Å². The fourth-order valence-corrected chi connectivity index (χ4v) is 2.28. The average Bonchev–Trinajstić information content (AvgIpc) is 2.83. The van der Waals surface area contributed by atoms with Crippen molar-refractivity contribution in [2.45, 2.75) is 54.4 Å². The van der Waals surface area contributed by atoms with Crippen molar-refractivity contribution in [2.24, 2.45) is 11.3 Å². The van der Waals surface area contributed by atoms with E-state index in [4.69, 9.17) is 0 Å². The summed E-state index contributed by atoms with van der Waals surface area (Å²) in [6, 6.07) is 10.9. The van der Waals surface area contributed by atoms with Crippen molar-refractivity contribution in [1.29, 1.82) is 0 Å². The van der Waals surface area contributed by atoms with Crippen molar-refractivity contribution in [3.63, 3.8) is 0 Å². The first-order chi connectivity index (χ1) is 9.76. The van der Waals surface area contributed by atoms with Crippen LogP contribution in [0.15, 0.2) is 42.7 Å². The van der Waals surface area contributed by atoms with Gasteiger partial charge in [0.15, 0.2) is 0 Å². The zero-order valence-electron chi connectivity index (χ0n) is 14.5. The minimum absolute atomic E-state index is 0.405. The Hall–Kier alpha value is -1.50. The van der Waals surface area contributed by atoms with Crippen LogP contribution >= 0.6 is 0 Å². The highest BCUT2D eigenvalue weighted by Crippen LogP contribution is 2.19. The smallest absolute Gasteiger partial charge is 0.00375 e. The van der Waals surface area contributed by atoms with Crippen LogP contribution in [-0.2, 0) is 12.8 Å². The Labute approximate surface area is 130 Å². The fourth-order valence-electron chi connectivity index (χ4n) is 2.28. The number of aryl methyl sites for hydroxylation is 1. The van der Waals surface area contributed by atoms with E-state index in [1.54, 1.807) is 0 Å². The molecule has 0 amide bonds. The van der Waals surface area contributed by atoms with Gasteiger partial charge in [-0.15, -0.1) is 0 Å². The van der Waals surface area contributed by atoms with E-state index in [9.17, 15) is 0 Å². The van der Waals surface area contributed by atoms with Gasteiger partial charge in [-0.1, -0.05) is 64.4 Å². The molecule has 0 fully saturated rings. The van der Waals surface area contributed by atoms with Gasteiger partial charge in [0.1, 0.15) is 0 Å². The van der Waals surface area contributed by atoms with Crippen LogP contribution in [0.2, 0.25) is 0 Å². The van der Waals surface area contributed by atoms with Crippen LogP contribution in [0.25, 0.3) is 0 Å². The molecule has 0 saturated heterocycles. The largest absolute Gasteiger partial charge is 0.367 e. The molecule has 0 aliphatic carbocycles. The molecule has 2 rings (SSSR count). The zero-order valence-corrected chi connectivity index (χ0v) is 14.5. The number of hydrogen-bond donors (Lipinski definition) is 1. The highest BCUT2D eigenvalue weighted by atomic mass is 14.6. The molecule has 1 N–H and O–H groups in total. The van der Waals surface area contributed by atoms with Crippen molar-refractivity contribution < 1.29 is 0 Å². The lowest BCUT2D eigenvalue weighted by molar-refractivity contribution is 0.411. The lowest BCUT2D eigenvalue weighted by Gasteiger charge is -2.16. The molecule has 1 nitrogen and oxygen atoms in total. The molecule has 0 saturated carbocycles. The summed E-state index contributed by atoms with van der Waals surface area (Å²) in [6.07, 6.45) is 6.38. The van der Waals surface area contributed by atoms with Crippen LogP contribution in [0.1, 0.15) is 51.3 Å².